The van der Waals surface area contributed by atoms with Gasteiger partial charge in [-0.3, -0.25) is 4.79 Å². The van der Waals surface area contributed by atoms with Crippen LogP contribution in [-0.2, 0) is 36.9 Å². The summed E-state index contributed by atoms with van der Waals surface area (Å²) in [5.41, 5.74) is -0.971. The molecule has 0 spiro atoms. The Labute approximate surface area is 237 Å². The molecule has 0 saturated carbocycles. The van der Waals surface area contributed by atoms with Gasteiger partial charge in [-0.05, 0) is 18.1 Å². The number of benzene rings is 1. The van der Waals surface area contributed by atoms with Crippen LogP contribution in [-0.4, -0.2) is 55.1 Å². The fourth-order valence-electron chi connectivity index (χ4n) is 4.90. The Morgan fingerprint density at radius 2 is 1.70 bits per heavy atom. The van der Waals surface area contributed by atoms with Crippen LogP contribution in [0.3, 0.4) is 0 Å². The number of fused-ring (bicyclic) bond motifs is 2. The predicted octanol–water partition coefficient (Wildman–Crippen LogP) is 5.70. The number of amides is 1. The molecule has 0 atom stereocenters. The number of rotatable bonds is 5. The van der Waals surface area contributed by atoms with Crippen LogP contribution in [0.2, 0.25) is 0 Å². The number of hydrogen-bond donors (Lipinski definition) is 0. The van der Waals surface area contributed by atoms with E-state index < -0.39 is 59.9 Å². The molecule has 1 amide bonds. The van der Waals surface area contributed by atoms with Gasteiger partial charge in [-0.15, -0.1) is 0 Å². The van der Waals surface area contributed by atoms with Crippen LogP contribution >= 0.6 is 0 Å². The number of methoxy groups -OCH3 is 1. The van der Waals surface area contributed by atoms with Gasteiger partial charge < -0.3 is 14.2 Å². The van der Waals surface area contributed by atoms with Crippen LogP contribution in [0.4, 0.5) is 35.1 Å². The highest BCUT2D eigenvalue weighted by Crippen LogP contribution is 2.44. The maximum atomic E-state index is 14.0. The van der Waals surface area contributed by atoms with E-state index in [2.05, 4.69) is 19.9 Å². The zero-order valence-electron chi connectivity index (χ0n) is 22.3. The number of nitrogens with zero attached hydrogens (tertiary/aromatic N) is 6. The van der Waals surface area contributed by atoms with Crippen molar-refractivity contribution < 1.29 is 44.7 Å². The second-order valence-corrected chi connectivity index (χ2v) is 9.50. The van der Waals surface area contributed by atoms with Crippen molar-refractivity contribution in [3.8, 4) is 17.1 Å². The third-order valence-corrected chi connectivity index (χ3v) is 6.89. The number of alkyl halides is 8. The van der Waals surface area contributed by atoms with E-state index in [9.17, 15) is 39.9 Å². The van der Waals surface area contributed by atoms with E-state index in [-0.39, 0.29) is 12.4 Å². The van der Waals surface area contributed by atoms with Gasteiger partial charge in [-0.25, -0.2) is 19.9 Å². The lowest BCUT2D eigenvalue weighted by atomic mass is 10.0. The monoisotopic (exact) mass is 612 g/mol. The second kappa shape index (κ2) is 10.6. The Balaban J connectivity index is 1.54. The maximum Gasteiger partial charge on any atom is 0.461 e. The molecule has 16 heteroatoms. The van der Waals surface area contributed by atoms with Gasteiger partial charge in [-0.2, -0.15) is 35.1 Å². The van der Waals surface area contributed by atoms with Gasteiger partial charge >= 0.3 is 18.3 Å². The van der Waals surface area contributed by atoms with Crippen LogP contribution in [0.1, 0.15) is 28.3 Å². The van der Waals surface area contributed by atoms with Gasteiger partial charge in [0.2, 0.25) is 17.6 Å². The lowest BCUT2D eigenvalue weighted by molar-refractivity contribution is -0.293. The average Bonchev–Trinajstić information content (AvgIpc) is 3.25. The molecule has 1 aromatic carbocycles. The van der Waals surface area contributed by atoms with E-state index >= 15 is 0 Å². The fourth-order valence-corrected chi connectivity index (χ4v) is 4.90. The van der Waals surface area contributed by atoms with Crippen molar-refractivity contribution in [2.75, 3.05) is 13.7 Å². The highest BCUT2D eigenvalue weighted by Gasteiger charge is 2.62. The minimum absolute atomic E-state index is 0.205. The van der Waals surface area contributed by atoms with Gasteiger partial charge in [0, 0.05) is 30.8 Å². The Kier molecular flexibility index (Phi) is 7.34. The number of ether oxygens (including phenoxy) is 1. The first-order valence-corrected chi connectivity index (χ1v) is 12.5. The van der Waals surface area contributed by atoms with Crippen molar-refractivity contribution in [2.45, 2.75) is 31.2 Å². The van der Waals surface area contributed by atoms with Crippen molar-refractivity contribution in [2.24, 2.45) is 7.05 Å². The number of carbonyl (C=O) groups excluding carboxylic acids is 1. The SMILES string of the molecule is COc1ncnc2c1c(/C=C/C(=O)N1CCc3c(nc(C(F)(F)C(F)(F)F)nc3C(F)(F)F)C1)c(-c1ccccc1)n2C. The summed E-state index contributed by atoms with van der Waals surface area (Å²) in [5, 5.41) is 0.459. The van der Waals surface area contributed by atoms with E-state index in [1.54, 1.807) is 23.7 Å². The highest BCUT2D eigenvalue weighted by molar-refractivity contribution is 6.02. The summed E-state index contributed by atoms with van der Waals surface area (Å²) >= 11 is 0. The van der Waals surface area contributed by atoms with E-state index in [0.717, 1.165) is 16.5 Å². The van der Waals surface area contributed by atoms with Crippen molar-refractivity contribution >= 4 is 23.0 Å². The summed E-state index contributed by atoms with van der Waals surface area (Å²) in [6.45, 7) is -1.05. The average molecular weight is 612 g/mol. The number of halogens is 8. The quantitative estimate of drug-likeness (QED) is 0.212. The summed E-state index contributed by atoms with van der Waals surface area (Å²) in [5.74, 6) is -8.64. The molecule has 1 aliphatic heterocycles. The zero-order valence-corrected chi connectivity index (χ0v) is 22.3. The molecule has 4 heterocycles. The molecule has 3 aromatic heterocycles. The zero-order chi connectivity index (χ0) is 31.3. The van der Waals surface area contributed by atoms with Gasteiger partial charge in [0.1, 0.15) is 12.0 Å². The minimum Gasteiger partial charge on any atom is -0.480 e. The summed E-state index contributed by atoms with van der Waals surface area (Å²) in [6.07, 6.45) is -8.26. The summed E-state index contributed by atoms with van der Waals surface area (Å²) in [7, 11) is 3.14. The summed E-state index contributed by atoms with van der Waals surface area (Å²) < 4.78 is 115. The largest absolute Gasteiger partial charge is 0.480 e. The molecule has 0 aliphatic carbocycles. The van der Waals surface area contributed by atoms with Crippen LogP contribution in [0.5, 0.6) is 5.88 Å². The minimum atomic E-state index is -6.24. The van der Waals surface area contributed by atoms with Gasteiger partial charge in [0.05, 0.1) is 30.4 Å². The number of aromatic nitrogens is 5. The molecule has 0 bridgehead atoms. The first-order chi connectivity index (χ1) is 20.1. The standard InChI is InChI=1S/C27H20F8N6O2/c1-40-20(14-6-4-3-5-7-14)16(19-22(40)36-13-37-23(19)43-2)8-9-18(42)41-11-10-15-17(12-41)38-24(25(28,29)27(33,34)35)39-21(15)26(30,31)32/h3-9,13H,10-12H2,1-2H3/b9-8+. The van der Waals surface area contributed by atoms with Crippen molar-refractivity contribution in [3.05, 3.63) is 71.1 Å². The maximum absolute atomic E-state index is 14.0. The van der Waals surface area contributed by atoms with Crippen molar-refractivity contribution in [3.63, 3.8) is 0 Å². The lowest BCUT2D eigenvalue weighted by Gasteiger charge is -2.30. The molecule has 0 N–H and O–H groups in total. The molecule has 226 valence electrons. The summed E-state index contributed by atoms with van der Waals surface area (Å²) in [6, 6.07) is 9.05. The molecule has 5 rings (SSSR count). The first-order valence-electron chi connectivity index (χ1n) is 12.5. The predicted molar refractivity (Wildman–Crippen MR) is 136 cm³/mol. The smallest absolute Gasteiger partial charge is 0.461 e. The van der Waals surface area contributed by atoms with Crippen molar-refractivity contribution in [1.29, 1.82) is 0 Å². The van der Waals surface area contributed by atoms with Gasteiger partial charge in [0.25, 0.3) is 0 Å². The molecule has 0 unspecified atom stereocenters. The number of hydrogen-bond acceptors (Lipinski definition) is 6. The number of carbonyl (C=O) groups is 1. The van der Waals surface area contributed by atoms with Crippen LogP contribution < -0.4 is 4.74 Å². The van der Waals surface area contributed by atoms with E-state index in [4.69, 9.17) is 4.74 Å². The molecule has 0 fully saturated rings. The third kappa shape index (κ3) is 5.25. The first kappa shape index (κ1) is 29.8. The molecule has 4 aromatic rings. The molecular formula is C27H20F8N6O2. The van der Waals surface area contributed by atoms with Gasteiger partial charge in [-0.1, -0.05) is 30.3 Å². The molecule has 0 saturated heterocycles. The van der Waals surface area contributed by atoms with E-state index in [1.165, 1.54) is 19.5 Å². The molecule has 8 nitrogen and oxygen atoms in total. The Morgan fingerprint density at radius 3 is 2.33 bits per heavy atom. The Hall–Kier alpha value is -4.63. The Bertz CT molecular complexity index is 1730. The topological polar surface area (TPSA) is 86.0 Å². The van der Waals surface area contributed by atoms with Crippen LogP contribution in [0.25, 0.3) is 28.4 Å². The van der Waals surface area contributed by atoms with Crippen LogP contribution in [0, 0.1) is 0 Å². The Morgan fingerprint density at radius 1 is 1.00 bits per heavy atom. The lowest BCUT2D eigenvalue weighted by Crippen LogP contribution is -2.40. The van der Waals surface area contributed by atoms with Crippen LogP contribution in [0.15, 0.2) is 42.7 Å². The van der Waals surface area contributed by atoms with E-state index in [0.29, 0.717) is 22.3 Å². The molecule has 1 aliphatic rings. The molecule has 43 heavy (non-hydrogen) atoms. The van der Waals surface area contributed by atoms with E-state index in [1.807, 2.05) is 18.2 Å². The molecule has 0 radical (unpaired) electrons. The molecular weight excluding hydrogens is 592 g/mol. The summed E-state index contributed by atoms with van der Waals surface area (Å²) in [4.78, 5) is 28.4. The van der Waals surface area contributed by atoms with Gasteiger partial charge in [0.15, 0.2) is 5.69 Å². The fraction of sp³-hybridized carbons (Fsp3) is 0.296. The highest BCUT2D eigenvalue weighted by atomic mass is 19.4. The van der Waals surface area contributed by atoms with Crippen molar-refractivity contribution in [1.82, 2.24) is 29.4 Å². The normalized spacial score (nSPS) is 14.4. The third-order valence-electron chi connectivity index (χ3n) is 6.89. The second-order valence-electron chi connectivity index (χ2n) is 9.50. The number of aryl methyl sites for hydroxylation is 1.